The van der Waals surface area contributed by atoms with Gasteiger partial charge in [0, 0.05) is 31.9 Å². The molecule has 0 aliphatic heterocycles. The minimum absolute atomic E-state index is 0.0421. The second-order valence-corrected chi connectivity index (χ2v) is 6.61. The minimum atomic E-state index is -0.0443. The predicted octanol–water partition coefficient (Wildman–Crippen LogP) is 2.19. The molecule has 3 rings (SSSR count). The third-order valence-electron chi connectivity index (χ3n) is 4.00. The van der Waals surface area contributed by atoms with Crippen molar-refractivity contribution in [2.75, 3.05) is 0 Å². The van der Waals surface area contributed by atoms with E-state index >= 15 is 0 Å². The summed E-state index contributed by atoms with van der Waals surface area (Å²) in [5, 5.41) is 4.96. The predicted molar refractivity (Wildman–Crippen MR) is 92.6 cm³/mol. The minimum Gasteiger partial charge on any atom is -0.352 e. The molecule has 1 N–H and O–H groups in total. The van der Waals surface area contributed by atoms with Crippen LogP contribution in [-0.2, 0) is 31.9 Å². The highest BCUT2D eigenvalue weighted by molar-refractivity contribution is 7.09. The van der Waals surface area contributed by atoms with Crippen molar-refractivity contribution in [3.8, 4) is 0 Å². The number of aromatic nitrogens is 2. The molecule has 6 heteroatoms. The van der Waals surface area contributed by atoms with E-state index < -0.39 is 0 Å². The van der Waals surface area contributed by atoms with Crippen molar-refractivity contribution in [1.29, 1.82) is 0 Å². The molecule has 0 fully saturated rings. The summed E-state index contributed by atoms with van der Waals surface area (Å²) >= 11 is 1.67. The lowest BCUT2D eigenvalue weighted by Crippen LogP contribution is -2.22. The Labute approximate surface area is 138 Å². The van der Waals surface area contributed by atoms with E-state index in [0.717, 1.165) is 23.0 Å². The molecular formula is C17H19N3O2S. The number of thiophene rings is 1. The number of hydrogen-bond donors (Lipinski definition) is 1. The van der Waals surface area contributed by atoms with Gasteiger partial charge in [-0.3, -0.25) is 13.9 Å². The van der Waals surface area contributed by atoms with Gasteiger partial charge in [-0.2, -0.15) is 0 Å². The van der Waals surface area contributed by atoms with Gasteiger partial charge in [-0.15, -0.1) is 11.3 Å². The average molecular weight is 329 g/mol. The number of benzene rings is 1. The van der Waals surface area contributed by atoms with Crippen molar-refractivity contribution in [1.82, 2.24) is 14.5 Å². The van der Waals surface area contributed by atoms with E-state index in [1.807, 2.05) is 35.7 Å². The van der Waals surface area contributed by atoms with Gasteiger partial charge in [0.1, 0.15) is 0 Å². The third kappa shape index (κ3) is 3.22. The first kappa shape index (κ1) is 15.6. The van der Waals surface area contributed by atoms with E-state index in [0.29, 0.717) is 13.0 Å². The Morgan fingerprint density at radius 2 is 1.96 bits per heavy atom. The van der Waals surface area contributed by atoms with Gasteiger partial charge in [0.2, 0.25) is 5.91 Å². The molecule has 5 nitrogen and oxygen atoms in total. The Morgan fingerprint density at radius 1 is 1.17 bits per heavy atom. The third-order valence-corrected chi connectivity index (χ3v) is 4.94. The number of rotatable bonds is 5. The second kappa shape index (κ2) is 6.42. The zero-order chi connectivity index (χ0) is 16.4. The molecule has 120 valence electrons. The zero-order valence-electron chi connectivity index (χ0n) is 13.2. The van der Waals surface area contributed by atoms with Crippen LogP contribution in [0.5, 0.6) is 0 Å². The van der Waals surface area contributed by atoms with E-state index in [-0.39, 0.29) is 11.6 Å². The highest BCUT2D eigenvalue weighted by atomic mass is 32.1. The van der Waals surface area contributed by atoms with Crippen LogP contribution in [0.2, 0.25) is 0 Å². The second-order valence-electron chi connectivity index (χ2n) is 5.58. The number of amides is 1. The smallest absolute Gasteiger partial charge is 0.328 e. The number of hydrogen-bond acceptors (Lipinski definition) is 3. The lowest BCUT2D eigenvalue weighted by Gasteiger charge is -2.06. The summed E-state index contributed by atoms with van der Waals surface area (Å²) in [6.07, 6.45) is 1.27. The van der Waals surface area contributed by atoms with Crippen LogP contribution in [0.3, 0.4) is 0 Å². The lowest BCUT2D eigenvalue weighted by molar-refractivity contribution is -0.121. The van der Waals surface area contributed by atoms with Crippen LogP contribution in [-0.4, -0.2) is 15.0 Å². The van der Waals surface area contributed by atoms with Gasteiger partial charge in [0.05, 0.1) is 11.0 Å². The molecule has 2 heterocycles. The highest BCUT2D eigenvalue weighted by Gasteiger charge is 2.09. The number of nitrogens with one attached hydrogen (secondary N) is 1. The van der Waals surface area contributed by atoms with Gasteiger partial charge in [0.25, 0.3) is 0 Å². The standard InChI is InChI=1S/C17H19N3O2S/c1-19-14-7-5-12(10-15(14)20(2)17(19)22)11-18-16(21)8-6-13-4-3-9-23-13/h3-5,7,9-10H,6,8,11H2,1-2H3,(H,18,21). The van der Waals surface area contributed by atoms with Crippen LogP contribution in [0, 0.1) is 0 Å². The van der Waals surface area contributed by atoms with Crippen LogP contribution in [0.15, 0.2) is 40.5 Å². The van der Waals surface area contributed by atoms with Crippen molar-refractivity contribution in [2.45, 2.75) is 19.4 Å². The Morgan fingerprint density at radius 3 is 2.70 bits per heavy atom. The first-order valence-electron chi connectivity index (χ1n) is 7.49. The first-order chi connectivity index (χ1) is 11.1. The van der Waals surface area contributed by atoms with Crippen LogP contribution < -0.4 is 11.0 Å². The fraction of sp³-hybridized carbons (Fsp3) is 0.294. The number of nitrogens with zero attached hydrogens (tertiary/aromatic N) is 2. The Hall–Kier alpha value is -2.34. The summed E-state index contributed by atoms with van der Waals surface area (Å²) in [4.78, 5) is 25.1. The molecule has 0 unspecified atom stereocenters. The summed E-state index contributed by atoms with van der Waals surface area (Å²) < 4.78 is 3.25. The quantitative estimate of drug-likeness (QED) is 0.780. The summed E-state index contributed by atoms with van der Waals surface area (Å²) in [5.41, 5.74) is 2.72. The number of imidazole rings is 1. The molecule has 0 bridgehead atoms. The Kier molecular flexibility index (Phi) is 4.34. The van der Waals surface area contributed by atoms with Crippen molar-refractivity contribution in [2.24, 2.45) is 14.1 Å². The molecule has 3 aromatic rings. The average Bonchev–Trinajstić information content (AvgIpc) is 3.15. The molecule has 0 atom stereocenters. The van der Waals surface area contributed by atoms with E-state index in [1.54, 1.807) is 34.6 Å². The molecule has 0 radical (unpaired) electrons. The van der Waals surface area contributed by atoms with E-state index in [4.69, 9.17) is 0 Å². The topological polar surface area (TPSA) is 56.0 Å². The van der Waals surface area contributed by atoms with Gasteiger partial charge in [-0.25, -0.2) is 4.79 Å². The van der Waals surface area contributed by atoms with Crippen LogP contribution >= 0.6 is 11.3 Å². The SMILES string of the molecule is Cn1c(=O)n(C)c2cc(CNC(=O)CCc3cccs3)ccc21. The Bertz CT molecular complexity index is 891. The molecule has 1 aromatic carbocycles. The van der Waals surface area contributed by atoms with Crippen molar-refractivity contribution in [3.63, 3.8) is 0 Å². The fourth-order valence-electron chi connectivity index (χ4n) is 2.64. The summed E-state index contributed by atoms with van der Waals surface area (Å²) in [7, 11) is 3.52. The maximum atomic E-state index is 11.9. The number of carbonyl (C=O) groups excluding carboxylic acids is 1. The molecule has 0 spiro atoms. The Balaban J connectivity index is 1.64. The van der Waals surface area contributed by atoms with Crippen LogP contribution in [0.25, 0.3) is 11.0 Å². The van der Waals surface area contributed by atoms with Gasteiger partial charge in [0.15, 0.2) is 0 Å². The van der Waals surface area contributed by atoms with E-state index in [2.05, 4.69) is 5.32 Å². The summed E-state index contributed by atoms with van der Waals surface area (Å²) in [6.45, 7) is 0.475. The first-order valence-corrected chi connectivity index (χ1v) is 8.37. The van der Waals surface area contributed by atoms with Gasteiger partial charge in [-0.1, -0.05) is 12.1 Å². The monoisotopic (exact) mass is 329 g/mol. The maximum Gasteiger partial charge on any atom is 0.328 e. The van der Waals surface area contributed by atoms with Crippen molar-refractivity contribution in [3.05, 3.63) is 56.6 Å². The molecule has 0 saturated carbocycles. The molecule has 0 aliphatic rings. The molecule has 1 amide bonds. The van der Waals surface area contributed by atoms with Crippen LogP contribution in [0.4, 0.5) is 0 Å². The van der Waals surface area contributed by atoms with Gasteiger partial charge < -0.3 is 5.32 Å². The van der Waals surface area contributed by atoms with E-state index in [9.17, 15) is 9.59 Å². The molecule has 0 saturated heterocycles. The number of aryl methyl sites for hydroxylation is 3. The maximum absolute atomic E-state index is 11.9. The molecule has 23 heavy (non-hydrogen) atoms. The van der Waals surface area contributed by atoms with Gasteiger partial charge in [-0.05, 0) is 35.6 Å². The molecule has 2 aromatic heterocycles. The largest absolute Gasteiger partial charge is 0.352 e. The van der Waals surface area contributed by atoms with Crippen LogP contribution in [0.1, 0.15) is 16.9 Å². The summed E-state index contributed by atoms with van der Waals surface area (Å²) in [6, 6.07) is 9.86. The lowest BCUT2D eigenvalue weighted by atomic mass is 10.2. The van der Waals surface area contributed by atoms with Gasteiger partial charge >= 0.3 is 5.69 Å². The summed E-state index contributed by atoms with van der Waals surface area (Å²) in [5.74, 6) is 0.0421. The fourth-order valence-corrected chi connectivity index (χ4v) is 3.35. The zero-order valence-corrected chi connectivity index (χ0v) is 14.0. The van der Waals surface area contributed by atoms with Crippen molar-refractivity contribution >= 4 is 28.3 Å². The number of carbonyl (C=O) groups is 1. The highest BCUT2D eigenvalue weighted by Crippen LogP contribution is 2.14. The van der Waals surface area contributed by atoms with Crippen molar-refractivity contribution < 1.29 is 4.79 Å². The normalized spacial score (nSPS) is 11.0. The number of fused-ring (bicyclic) bond motifs is 1. The molecule has 0 aliphatic carbocycles. The molecular weight excluding hydrogens is 310 g/mol. The van der Waals surface area contributed by atoms with E-state index in [1.165, 1.54) is 4.88 Å².